The van der Waals surface area contributed by atoms with Crippen LogP contribution in [0.15, 0.2) is 48.7 Å². The number of aromatic nitrogens is 1. The number of benzene rings is 1. The van der Waals surface area contributed by atoms with E-state index in [4.69, 9.17) is 21.4 Å². The van der Waals surface area contributed by atoms with Gasteiger partial charge in [-0.1, -0.05) is 29.8 Å². The fraction of sp³-hybridized carbons (Fsp3) is 0.429. The molecule has 0 spiro atoms. The summed E-state index contributed by atoms with van der Waals surface area (Å²) in [4.78, 5) is 17.5. The van der Waals surface area contributed by atoms with Gasteiger partial charge in [-0.25, -0.2) is 0 Å². The minimum absolute atomic E-state index is 0. The second-order valence-corrected chi connectivity index (χ2v) is 7.30. The number of halogens is 1. The summed E-state index contributed by atoms with van der Waals surface area (Å²) < 4.78 is 6.47. The van der Waals surface area contributed by atoms with Crippen molar-refractivity contribution in [1.29, 1.82) is 0 Å². The van der Waals surface area contributed by atoms with Gasteiger partial charge in [0, 0.05) is 30.7 Å². The number of nitrogens with zero attached hydrogens (tertiary/aromatic N) is 2. The van der Waals surface area contributed by atoms with Crippen LogP contribution in [0, 0.1) is 0 Å². The van der Waals surface area contributed by atoms with Gasteiger partial charge in [-0.15, -0.1) is 0 Å². The lowest BCUT2D eigenvalue weighted by Gasteiger charge is -2.34. The zero-order valence-electron chi connectivity index (χ0n) is 16.3. The van der Waals surface area contributed by atoms with Gasteiger partial charge < -0.3 is 14.7 Å². The predicted octanol–water partition coefficient (Wildman–Crippen LogP) is 4.28. The van der Waals surface area contributed by atoms with E-state index in [1.165, 1.54) is 0 Å². The van der Waals surface area contributed by atoms with Gasteiger partial charge in [0.1, 0.15) is 6.10 Å². The summed E-state index contributed by atoms with van der Waals surface area (Å²) in [6.45, 7) is 2.69. The van der Waals surface area contributed by atoms with Gasteiger partial charge in [-0.3, -0.25) is 9.78 Å². The lowest BCUT2D eigenvalue weighted by atomic mass is 10.0. The molecule has 0 saturated carbocycles. The molecule has 2 aromatic rings. The van der Waals surface area contributed by atoms with Crippen LogP contribution in [-0.4, -0.2) is 46.7 Å². The maximum absolute atomic E-state index is 10.7. The predicted molar refractivity (Wildman–Crippen MR) is 106 cm³/mol. The van der Waals surface area contributed by atoms with Crippen LogP contribution in [0.25, 0.3) is 0 Å². The molecule has 0 bridgehead atoms. The Kier molecular flexibility index (Phi) is 7.21. The number of pyridine rings is 1. The molecular formula is C21H26ClN2O3+. The Balaban J connectivity index is 0.00000280. The molecule has 1 aromatic heterocycles. The molecule has 0 aliphatic carbocycles. The van der Waals surface area contributed by atoms with Gasteiger partial charge in [0.15, 0.2) is 0 Å². The molecule has 0 amide bonds. The number of hydrogen-bond donors (Lipinski definition) is 1. The van der Waals surface area contributed by atoms with E-state index in [2.05, 4.69) is 9.88 Å². The van der Waals surface area contributed by atoms with E-state index in [-0.39, 0.29) is 20.1 Å². The minimum atomic E-state index is -0.727. The number of carbonyl (C=O) groups is 1. The van der Waals surface area contributed by atoms with E-state index in [1.54, 1.807) is 6.20 Å². The summed E-state index contributed by atoms with van der Waals surface area (Å²) in [5.74, 6) is -0.727. The quantitative estimate of drug-likeness (QED) is 0.729. The monoisotopic (exact) mass is 389 g/mol. The molecule has 27 heavy (non-hydrogen) atoms. The number of carboxylic acids is 1. The van der Waals surface area contributed by atoms with Crippen molar-refractivity contribution in [2.45, 2.75) is 37.9 Å². The van der Waals surface area contributed by atoms with Crippen LogP contribution in [0.2, 0.25) is 5.02 Å². The normalized spacial score (nSPS) is 16.9. The van der Waals surface area contributed by atoms with Gasteiger partial charge in [0.25, 0.3) is 0 Å². The van der Waals surface area contributed by atoms with Crippen LogP contribution in [0.4, 0.5) is 0 Å². The van der Waals surface area contributed by atoms with Crippen LogP contribution >= 0.6 is 11.6 Å². The third-order valence-electron chi connectivity index (χ3n) is 4.86. The molecule has 1 saturated heterocycles. The maximum atomic E-state index is 10.7. The highest BCUT2D eigenvalue weighted by molar-refractivity contribution is 6.30. The highest BCUT2D eigenvalue weighted by Gasteiger charge is 2.25. The summed E-state index contributed by atoms with van der Waals surface area (Å²) in [6, 6.07) is 13.6. The maximum Gasteiger partial charge on any atom is 1.00 e. The van der Waals surface area contributed by atoms with Crippen molar-refractivity contribution in [3.63, 3.8) is 0 Å². The zero-order valence-corrected chi connectivity index (χ0v) is 16.0. The van der Waals surface area contributed by atoms with Crippen molar-refractivity contribution in [2.75, 3.05) is 19.6 Å². The van der Waals surface area contributed by atoms with Crippen molar-refractivity contribution < 1.29 is 16.1 Å². The van der Waals surface area contributed by atoms with E-state index in [0.29, 0.717) is 11.4 Å². The molecule has 1 atom stereocenters. The van der Waals surface area contributed by atoms with E-state index < -0.39 is 5.97 Å². The van der Waals surface area contributed by atoms with E-state index in [1.807, 2.05) is 42.5 Å². The van der Waals surface area contributed by atoms with Crippen LogP contribution < -0.4 is 0 Å². The van der Waals surface area contributed by atoms with Crippen molar-refractivity contribution >= 4 is 17.6 Å². The van der Waals surface area contributed by atoms with E-state index >= 15 is 0 Å². The average molecular weight is 390 g/mol. The van der Waals surface area contributed by atoms with Gasteiger partial charge >= 0.3 is 7.40 Å². The highest BCUT2D eigenvalue weighted by atomic mass is 35.5. The van der Waals surface area contributed by atoms with E-state index in [9.17, 15) is 4.79 Å². The Hall–Kier alpha value is -1.95. The number of aliphatic carboxylic acids is 1. The first-order chi connectivity index (χ1) is 13.1. The van der Waals surface area contributed by atoms with Crippen LogP contribution in [0.1, 0.15) is 44.5 Å². The Morgan fingerprint density at radius 2 is 2.00 bits per heavy atom. The summed E-state index contributed by atoms with van der Waals surface area (Å²) in [5, 5.41) is 9.47. The first-order valence-corrected chi connectivity index (χ1v) is 9.75. The van der Waals surface area contributed by atoms with E-state index in [0.717, 1.165) is 43.7 Å². The number of hydrogen-bond acceptors (Lipinski definition) is 4. The van der Waals surface area contributed by atoms with Gasteiger partial charge in [0.05, 0.1) is 11.8 Å². The van der Waals surface area contributed by atoms with Crippen molar-refractivity contribution in [3.8, 4) is 0 Å². The van der Waals surface area contributed by atoms with Crippen LogP contribution in [0.5, 0.6) is 0 Å². The van der Waals surface area contributed by atoms with Gasteiger partial charge in [0.2, 0.25) is 0 Å². The molecule has 5 nitrogen and oxygen atoms in total. The Bertz CT molecular complexity index is 722. The highest BCUT2D eigenvalue weighted by Crippen LogP contribution is 2.29. The van der Waals surface area contributed by atoms with Crippen LogP contribution in [0.3, 0.4) is 0 Å². The smallest absolute Gasteiger partial charge is 0.481 e. The molecule has 6 heteroatoms. The lowest BCUT2D eigenvalue weighted by molar-refractivity contribution is -0.137. The standard InChI is InChI=1S/C21H25ClN2O3/c22-17-8-6-16(7-9-17)21(19-4-1-2-12-23-19)27-18-10-14-24(15-11-18)13-3-5-20(25)26/h1-2,4,6-9,12,18,21H,3,5,10-11,13-15H2,(H,25,26)/p+1/t21-/m0/s1. The Morgan fingerprint density at radius 1 is 1.26 bits per heavy atom. The van der Waals surface area contributed by atoms with Crippen molar-refractivity contribution in [3.05, 3.63) is 64.9 Å². The second-order valence-electron chi connectivity index (χ2n) is 6.86. The summed E-state index contributed by atoms with van der Waals surface area (Å²) >= 11 is 6.03. The number of carboxylic acid groups (broad SMARTS) is 1. The molecule has 0 radical (unpaired) electrons. The molecule has 1 aliphatic heterocycles. The molecule has 1 N–H and O–H groups in total. The molecule has 1 aromatic carbocycles. The molecule has 1 aliphatic rings. The molecule has 0 unspecified atom stereocenters. The molecule has 3 rings (SSSR count). The summed E-state index contributed by atoms with van der Waals surface area (Å²) in [5.41, 5.74) is 1.94. The topological polar surface area (TPSA) is 62.7 Å². The van der Waals surface area contributed by atoms with Gasteiger partial charge in [-0.05, 0) is 55.6 Å². The average Bonchev–Trinajstić information content (AvgIpc) is 2.68. The second kappa shape index (κ2) is 9.83. The molecule has 2 heterocycles. The number of piperidine rings is 1. The Labute approximate surface area is 166 Å². The molecule has 1 fully saturated rings. The third-order valence-corrected chi connectivity index (χ3v) is 5.11. The SMILES string of the molecule is O=C(O)CCCN1CCC(O[C@@H](c2ccc(Cl)cc2)c2ccccn2)CC1.[H+]. The molecule has 144 valence electrons. The minimum Gasteiger partial charge on any atom is -0.481 e. The first-order valence-electron chi connectivity index (χ1n) is 9.38. The lowest BCUT2D eigenvalue weighted by Crippen LogP contribution is -2.38. The number of rotatable bonds is 8. The fourth-order valence-corrected chi connectivity index (χ4v) is 3.53. The Morgan fingerprint density at radius 3 is 2.63 bits per heavy atom. The van der Waals surface area contributed by atoms with Crippen molar-refractivity contribution in [2.24, 2.45) is 0 Å². The number of ether oxygens (including phenoxy) is 1. The largest absolute Gasteiger partial charge is 1.00 e. The van der Waals surface area contributed by atoms with Gasteiger partial charge in [-0.2, -0.15) is 0 Å². The third kappa shape index (κ3) is 6.03. The zero-order chi connectivity index (χ0) is 19.1. The van der Waals surface area contributed by atoms with Crippen molar-refractivity contribution in [1.82, 2.24) is 9.88 Å². The number of likely N-dealkylation sites (tertiary alicyclic amines) is 1. The summed E-state index contributed by atoms with van der Waals surface area (Å²) in [6.07, 6.45) is 4.52. The van der Waals surface area contributed by atoms with Crippen LogP contribution in [-0.2, 0) is 9.53 Å². The fourth-order valence-electron chi connectivity index (χ4n) is 3.40. The molecular weight excluding hydrogens is 364 g/mol. The summed E-state index contributed by atoms with van der Waals surface area (Å²) in [7, 11) is 0. The first kappa shape index (κ1) is 19.8.